The van der Waals surface area contributed by atoms with Crippen LogP contribution >= 0.6 is 11.3 Å². The molecular formula is C20H26N2O2S. The first-order valence-corrected chi connectivity index (χ1v) is 10.3. The number of aromatic nitrogens is 1. The van der Waals surface area contributed by atoms with Crippen LogP contribution in [0.2, 0.25) is 0 Å². The first-order valence-electron chi connectivity index (χ1n) is 9.44. The Labute approximate surface area is 153 Å². The van der Waals surface area contributed by atoms with Gasteiger partial charge in [-0.2, -0.15) is 0 Å². The van der Waals surface area contributed by atoms with Gasteiger partial charge in [-0.05, 0) is 37.8 Å². The third-order valence-corrected chi connectivity index (χ3v) is 6.73. The van der Waals surface area contributed by atoms with Crippen molar-refractivity contribution in [1.82, 2.24) is 9.88 Å². The van der Waals surface area contributed by atoms with Crippen molar-refractivity contribution in [1.29, 1.82) is 0 Å². The molecule has 134 valence electrons. The molecule has 1 aromatic carbocycles. The highest BCUT2D eigenvalue weighted by Gasteiger charge is 2.30. The fraction of sp³-hybridized carbons (Fsp3) is 0.600. The average molecular weight is 359 g/mol. The topological polar surface area (TPSA) is 42.4 Å². The summed E-state index contributed by atoms with van der Waals surface area (Å²) in [6.07, 6.45) is 6.59. The van der Waals surface area contributed by atoms with Crippen LogP contribution in [0.4, 0.5) is 0 Å². The number of carbonyl (C=O) groups is 1. The first-order chi connectivity index (χ1) is 12.1. The minimum Gasteiger partial charge on any atom is -0.467 e. The number of likely N-dealkylation sites (tertiary alicyclic amines) is 1. The van der Waals surface area contributed by atoms with Crippen molar-refractivity contribution < 1.29 is 9.53 Å². The Bertz CT molecular complexity index is 732. The molecule has 0 atom stereocenters. The van der Waals surface area contributed by atoms with Gasteiger partial charge < -0.3 is 9.64 Å². The Morgan fingerprint density at radius 2 is 1.80 bits per heavy atom. The monoisotopic (exact) mass is 358 g/mol. The molecule has 0 spiro atoms. The van der Waals surface area contributed by atoms with Crippen molar-refractivity contribution in [2.75, 3.05) is 13.1 Å². The number of thiazole rings is 1. The van der Waals surface area contributed by atoms with Crippen molar-refractivity contribution in [3.05, 3.63) is 23.3 Å². The van der Waals surface area contributed by atoms with Crippen LogP contribution in [0.15, 0.2) is 12.1 Å². The van der Waals surface area contributed by atoms with Gasteiger partial charge in [-0.25, -0.2) is 4.98 Å². The number of aryl methyl sites for hydroxylation is 2. The summed E-state index contributed by atoms with van der Waals surface area (Å²) in [6.45, 7) is 5.86. The lowest BCUT2D eigenvalue weighted by Crippen LogP contribution is -2.43. The summed E-state index contributed by atoms with van der Waals surface area (Å²) in [4.78, 5) is 19.3. The van der Waals surface area contributed by atoms with Gasteiger partial charge in [0.15, 0.2) is 0 Å². The largest absolute Gasteiger partial charge is 0.467 e. The molecule has 25 heavy (non-hydrogen) atoms. The van der Waals surface area contributed by atoms with Crippen LogP contribution < -0.4 is 4.74 Å². The van der Waals surface area contributed by atoms with E-state index >= 15 is 0 Å². The SMILES string of the molecule is Cc1ccc(C)c2sc(OC3CCN(C(=O)C4CCCC4)CC3)nc12. The minimum absolute atomic E-state index is 0.175. The Morgan fingerprint density at radius 3 is 2.48 bits per heavy atom. The Morgan fingerprint density at radius 1 is 1.12 bits per heavy atom. The molecule has 1 amide bonds. The molecule has 1 aromatic heterocycles. The summed E-state index contributed by atoms with van der Waals surface area (Å²) >= 11 is 1.65. The zero-order valence-electron chi connectivity index (χ0n) is 15.1. The molecular weight excluding hydrogens is 332 g/mol. The molecule has 2 aromatic rings. The highest BCUT2D eigenvalue weighted by Crippen LogP contribution is 2.34. The minimum atomic E-state index is 0.175. The van der Waals surface area contributed by atoms with Gasteiger partial charge in [-0.3, -0.25) is 4.79 Å². The predicted octanol–water partition coefficient (Wildman–Crippen LogP) is 4.47. The lowest BCUT2D eigenvalue weighted by molar-refractivity contribution is -0.137. The van der Waals surface area contributed by atoms with E-state index in [4.69, 9.17) is 9.72 Å². The van der Waals surface area contributed by atoms with Crippen LogP contribution in [0, 0.1) is 19.8 Å². The quantitative estimate of drug-likeness (QED) is 0.813. The number of carbonyl (C=O) groups excluding carboxylic acids is 1. The van der Waals surface area contributed by atoms with Gasteiger partial charge in [0.05, 0.1) is 10.2 Å². The van der Waals surface area contributed by atoms with Crippen LogP contribution in [0.5, 0.6) is 5.19 Å². The van der Waals surface area contributed by atoms with E-state index in [0.717, 1.165) is 49.5 Å². The van der Waals surface area contributed by atoms with E-state index in [9.17, 15) is 4.79 Å². The molecule has 0 N–H and O–H groups in total. The molecule has 5 heteroatoms. The molecule has 1 aliphatic carbocycles. The van der Waals surface area contributed by atoms with Crippen molar-refractivity contribution in [3.63, 3.8) is 0 Å². The molecule has 2 fully saturated rings. The van der Waals surface area contributed by atoms with Crippen molar-refractivity contribution in [3.8, 4) is 5.19 Å². The zero-order valence-corrected chi connectivity index (χ0v) is 15.9. The number of rotatable bonds is 3. The Kier molecular flexibility index (Phi) is 4.67. The molecule has 4 nitrogen and oxygen atoms in total. The second-order valence-corrected chi connectivity index (χ2v) is 8.44. The maximum Gasteiger partial charge on any atom is 0.274 e. The van der Waals surface area contributed by atoms with Gasteiger partial charge >= 0.3 is 0 Å². The Balaban J connectivity index is 1.38. The number of piperidine rings is 1. The molecule has 0 unspecified atom stereocenters. The van der Waals surface area contributed by atoms with Gasteiger partial charge in [0.1, 0.15) is 6.10 Å². The highest BCUT2D eigenvalue weighted by atomic mass is 32.1. The summed E-state index contributed by atoms with van der Waals surface area (Å²) in [6, 6.07) is 4.26. The summed E-state index contributed by atoms with van der Waals surface area (Å²) < 4.78 is 7.40. The number of hydrogen-bond donors (Lipinski definition) is 0. The van der Waals surface area contributed by atoms with Crippen LogP contribution in [-0.2, 0) is 4.79 Å². The third kappa shape index (κ3) is 3.39. The van der Waals surface area contributed by atoms with Gasteiger partial charge in [-0.15, -0.1) is 0 Å². The van der Waals surface area contributed by atoms with Crippen LogP contribution in [0.3, 0.4) is 0 Å². The van der Waals surface area contributed by atoms with E-state index in [1.165, 1.54) is 28.7 Å². The van der Waals surface area contributed by atoms with Crippen molar-refractivity contribution in [2.24, 2.45) is 5.92 Å². The Hall–Kier alpha value is -1.62. The van der Waals surface area contributed by atoms with Gasteiger partial charge in [0.25, 0.3) is 5.19 Å². The second kappa shape index (κ2) is 6.94. The lowest BCUT2D eigenvalue weighted by Gasteiger charge is -2.33. The average Bonchev–Trinajstić information content (AvgIpc) is 3.29. The van der Waals surface area contributed by atoms with Gasteiger partial charge in [0, 0.05) is 31.8 Å². The normalized spacial score (nSPS) is 19.7. The number of nitrogens with zero attached hydrogens (tertiary/aromatic N) is 2. The summed E-state index contributed by atoms with van der Waals surface area (Å²) in [5, 5.41) is 0.771. The molecule has 1 saturated heterocycles. The molecule has 0 bridgehead atoms. The van der Waals surface area contributed by atoms with E-state index in [0.29, 0.717) is 5.91 Å². The number of ether oxygens (including phenoxy) is 1. The van der Waals surface area contributed by atoms with Crippen LogP contribution in [0.1, 0.15) is 49.7 Å². The fourth-order valence-electron chi connectivity index (χ4n) is 4.06. The summed E-state index contributed by atoms with van der Waals surface area (Å²) in [7, 11) is 0. The van der Waals surface area contributed by atoms with Crippen molar-refractivity contribution in [2.45, 2.75) is 58.5 Å². The molecule has 1 aliphatic heterocycles. The maximum absolute atomic E-state index is 12.5. The van der Waals surface area contributed by atoms with Crippen LogP contribution in [0.25, 0.3) is 10.2 Å². The van der Waals surface area contributed by atoms with Crippen LogP contribution in [-0.4, -0.2) is 35.0 Å². The smallest absolute Gasteiger partial charge is 0.274 e. The molecule has 1 saturated carbocycles. The third-order valence-electron chi connectivity index (χ3n) is 5.65. The predicted molar refractivity (Wildman–Crippen MR) is 101 cm³/mol. The molecule has 2 aliphatic rings. The number of amides is 1. The summed E-state index contributed by atoms with van der Waals surface area (Å²) in [5.74, 6) is 0.662. The van der Waals surface area contributed by atoms with Gasteiger partial charge in [-0.1, -0.05) is 36.3 Å². The number of benzene rings is 1. The first kappa shape index (κ1) is 16.8. The second-order valence-electron chi connectivity index (χ2n) is 7.48. The standard InChI is InChI=1S/C20H26N2O2S/c1-13-7-8-14(2)18-17(13)21-20(25-18)24-16-9-11-22(12-10-16)19(23)15-5-3-4-6-15/h7-8,15-16H,3-6,9-12H2,1-2H3. The highest BCUT2D eigenvalue weighted by molar-refractivity contribution is 7.20. The van der Waals surface area contributed by atoms with Crippen molar-refractivity contribution >= 4 is 27.5 Å². The van der Waals surface area contributed by atoms with E-state index in [-0.39, 0.29) is 12.0 Å². The van der Waals surface area contributed by atoms with E-state index in [2.05, 4.69) is 30.9 Å². The van der Waals surface area contributed by atoms with E-state index < -0.39 is 0 Å². The van der Waals surface area contributed by atoms with Gasteiger partial charge in [0.2, 0.25) is 5.91 Å². The van der Waals surface area contributed by atoms with E-state index in [1.54, 1.807) is 11.3 Å². The lowest BCUT2D eigenvalue weighted by atomic mass is 10.0. The fourth-order valence-corrected chi connectivity index (χ4v) is 5.09. The van der Waals surface area contributed by atoms with E-state index in [1.807, 2.05) is 0 Å². The molecule has 2 heterocycles. The number of hydrogen-bond acceptors (Lipinski definition) is 4. The molecule has 0 radical (unpaired) electrons. The summed E-state index contributed by atoms with van der Waals surface area (Å²) in [5.41, 5.74) is 3.52. The maximum atomic E-state index is 12.5. The molecule has 4 rings (SSSR count). The zero-order chi connectivity index (χ0) is 17.4. The number of fused-ring (bicyclic) bond motifs is 1.